The van der Waals surface area contributed by atoms with E-state index in [1.165, 1.54) is 0 Å². The third-order valence-corrected chi connectivity index (χ3v) is 3.93. The first-order valence-corrected chi connectivity index (χ1v) is 7.58. The van der Waals surface area contributed by atoms with Crippen molar-refractivity contribution >= 4 is 22.5 Å². The zero-order valence-electron chi connectivity index (χ0n) is 13.6. The van der Waals surface area contributed by atoms with Crippen molar-refractivity contribution in [3.05, 3.63) is 59.8 Å². The number of anilines is 1. The van der Waals surface area contributed by atoms with Gasteiger partial charge in [-0.05, 0) is 48.6 Å². The Bertz CT molecular complexity index is 845. The van der Waals surface area contributed by atoms with Crippen LogP contribution in [0.5, 0.6) is 5.75 Å². The molecule has 0 aliphatic heterocycles. The summed E-state index contributed by atoms with van der Waals surface area (Å²) < 4.78 is 7.71. The van der Waals surface area contributed by atoms with E-state index in [1.54, 1.807) is 0 Å². The highest BCUT2D eigenvalue weighted by Crippen LogP contribution is 2.23. The molecule has 0 aliphatic carbocycles. The van der Waals surface area contributed by atoms with Gasteiger partial charge in [-0.2, -0.15) is 0 Å². The van der Waals surface area contributed by atoms with Crippen LogP contribution in [0, 0.1) is 13.8 Å². The Hall–Kier alpha value is -2.75. The lowest BCUT2D eigenvalue weighted by Crippen LogP contribution is -2.20. The predicted octanol–water partition coefficient (Wildman–Crippen LogP) is 3.81. The van der Waals surface area contributed by atoms with Gasteiger partial charge in [0.2, 0.25) is 0 Å². The minimum atomic E-state index is -0.166. The van der Waals surface area contributed by atoms with Crippen molar-refractivity contribution in [2.24, 2.45) is 7.05 Å². The van der Waals surface area contributed by atoms with Crippen LogP contribution in [0.2, 0.25) is 0 Å². The third kappa shape index (κ3) is 3.21. The molecule has 0 saturated carbocycles. The van der Waals surface area contributed by atoms with Crippen LogP contribution in [0.25, 0.3) is 10.9 Å². The van der Waals surface area contributed by atoms with Gasteiger partial charge in [0.15, 0.2) is 6.61 Å². The molecule has 4 nitrogen and oxygen atoms in total. The molecular weight excluding hydrogens is 288 g/mol. The molecule has 118 valence electrons. The van der Waals surface area contributed by atoms with E-state index in [0.29, 0.717) is 0 Å². The van der Waals surface area contributed by atoms with Crippen LogP contribution in [-0.2, 0) is 11.8 Å². The van der Waals surface area contributed by atoms with Crippen molar-refractivity contribution in [2.75, 3.05) is 11.9 Å². The number of carbonyl (C=O) groups excluding carboxylic acids is 1. The van der Waals surface area contributed by atoms with Crippen molar-refractivity contribution in [2.45, 2.75) is 13.8 Å². The van der Waals surface area contributed by atoms with Crippen LogP contribution in [-0.4, -0.2) is 17.1 Å². The average molecular weight is 308 g/mol. The fraction of sp³-hybridized carbons (Fsp3) is 0.211. The molecule has 4 heteroatoms. The highest BCUT2D eigenvalue weighted by molar-refractivity contribution is 5.94. The zero-order valence-corrected chi connectivity index (χ0v) is 13.6. The van der Waals surface area contributed by atoms with E-state index in [2.05, 4.69) is 5.32 Å². The van der Waals surface area contributed by atoms with Gasteiger partial charge in [-0.25, -0.2) is 0 Å². The molecule has 0 atom stereocenters. The summed E-state index contributed by atoms with van der Waals surface area (Å²) in [6.45, 7) is 3.95. The second kappa shape index (κ2) is 6.16. The van der Waals surface area contributed by atoms with Gasteiger partial charge in [-0.15, -0.1) is 0 Å². The standard InChI is InChI=1S/C19H20N2O2/c1-13-5-4-6-14(2)19(13)23-12-18(22)20-16-8-7-15-9-10-21(3)17(15)11-16/h4-11H,12H2,1-3H3,(H,20,22). The number of hydrogen-bond donors (Lipinski definition) is 1. The molecule has 0 saturated heterocycles. The highest BCUT2D eigenvalue weighted by atomic mass is 16.5. The molecular formula is C19H20N2O2. The second-order valence-electron chi connectivity index (χ2n) is 5.76. The van der Waals surface area contributed by atoms with E-state index < -0.39 is 0 Å². The van der Waals surface area contributed by atoms with Crippen molar-refractivity contribution < 1.29 is 9.53 Å². The SMILES string of the molecule is Cc1cccc(C)c1OCC(=O)Nc1ccc2ccn(C)c2c1. The number of nitrogens with zero attached hydrogens (tertiary/aromatic N) is 1. The number of rotatable bonds is 4. The van der Waals surface area contributed by atoms with Crippen LogP contribution in [0.1, 0.15) is 11.1 Å². The maximum Gasteiger partial charge on any atom is 0.262 e. The summed E-state index contributed by atoms with van der Waals surface area (Å²) in [7, 11) is 1.98. The Morgan fingerprint density at radius 1 is 1.13 bits per heavy atom. The Morgan fingerprint density at radius 2 is 1.87 bits per heavy atom. The van der Waals surface area contributed by atoms with Crippen LogP contribution in [0.15, 0.2) is 48.7 Å². The quantitative estimate of drug-likeness (QED) is 0.796. The van der Waals surface area contributed by atoms with E-state index in [4.69, 9.17) is 4.74 Å². The number of hydrogen-bond acceptors (Lipinski definition) is 2. The van der Waals surface area contributed by atoms with Crippen molar-refractivity contribution in [1.82, 2.24) is 4.57 Å². The highest BCUT2D eigenvalue weighted by Gasteiger charge is 2.08. The number of carbonyl (C=O) groups is 1. The number of aromatic nitrogens is 1. The fourth-order valence-corrected chi connectivity index (χ4v) is 2.70. The molecule has 0 spiro atoms. The first kappa shape index (κ1) is 15.2. The van der Waals surface area contributed by atoms with Crippen LogP contribution < -0.4 is 10.1 Å². The number of ether oxygens (including phenoxy) is 1. The number of amides is 1. The van der Waals surface area contributed by atoms with E-state index in [9.17, 15) is 4.79 Å². The fourth-order valence-electron chi connectivity index (χ4n) is 2.70. The van der Waals surface area contributed by atoms with E-state index in [1.807, 2.05) is 74.1 Å². The van der Waals surface area contributed by atoms with Crippen molar-refractivity contribution in [3.8, 4) is 5.75 Å². The largest absolute Gasteiger partial charge is 0.483 e. The maximum atomic E-state index is 12.1. The lowest BCUT2D eigenvalue weighted by Gasteiger charge is -2.12. The van der Waals surface area contributed by atoms with Gasteiger partial charge >= 0.3 is 0 Å². The third-order valence-electron chi connectivity index (χ3n) is 3.93. The first-order chi connectivity index (χ1) is 11.0. The molecule has 1 aromatic heterocycles. The van der Waals surface area contributed by atoms with Gasteiger partial charge < -0.3 is 14.6 Å². The second-order valence-corrected chi connectivity index (χ2v) is 5.76. The van der Waals surface area contributed by atoms with Crippen molar-refractivity contribution in [3.63, 3.8) is 0 Å². The van der Waals surface area contributed by atoms with E-state index >= 15 is 0 Å². The Kier molecular flexibility index (Phi) is 4.06. The Labute approximate surface area is 135 Å². The molecule has 23 heavy (non-hydrogen) atoms. The van der Waals surface area contributed by atoms with Gasteiger partial charge in [-0.3, -0.25) is 4.79 Å². The smallest absolute Gasteiger partial charge is 0.262 e. The topological polar surface area (TPSA) is 43.3 Å². The summed E-state index contributed by atoms with van der Waals surface area (Å²) in [5, 5.41) is 4.03. The zero-order chi connectivity index (χ0) is 16.4. The van der Waals surface area contributed by atoms with Crippen LogP contribution in [0.4, 0.5) is 5.69 Å². The maximum absolute atomic E-state index is 12.1. The first-order valence-electron chi connectivity index (χ1n) is 7.58. The number of aryl methyl sites for hydroxylation is 3. The van der Waals surface area contributed by atoms with Gasteiger partial charge in [-0.1, -0.05) is 24.3 Å². The molecule has 0 aliphatic rings. The molecule has 1 heterocycles. The average Bonchev–Trinajstić information content (AvgIpc) is 2.88. The number of para-hydroxylation sites is 1. The molecule has 0 fully saturated rings. The van der Waals surface area contributed by atoms with Gasteiger partial charge in [0.1, 0.15) is 5.75 Å². The molecule has 3 aromatic rings. The van der Waals surface area contributed by atoms with Crippen LogP contribution >= 0.6 is 0 Å². The lowest BCUT2D eigenvalue weighted by molar-refractivity contribution is -0.118. The van der Waals surface area contributed by atoms with Gasteiger partial charge in [0, 0.05) is 24.4 Å². The minimum absolute atomic E-state index is 0.00311. The molecule has 3 rings (SSSR count). The van der Waals surface area contributed by atoms with Crippen molar-refractivity contribution in [1.29, 1.82) is 0 Å². The molecule has 1 N–H and O–H groups in total. The molecule has 0 radical (unpaired) electrons. The van der Waals surface area contributed by atoms with Gasteiger partial charge in [0.25, 0.3) is 5.91 Å². The summed E-state index contributed by atoms with van der Waals surface area (Å²) in [6, 6.07) is 13.8. The number of fused-ring (bicyclic) bond motifs is 1. The van der Waals surface area contributed by atoms with E-state index in [-0.39, 0.29) is 12.5 Å². The summed E-state index contributed by atoms with van der Waals surface area (Å²) in [4.78, 5) is 12.1. The summed E-state index contributed by atoms with van der Waals surface area (Å²) in [6.07, 6.45) is 2.00. The normalized spacial score (nSPS) is 10.7. The van der Waals surface area contributed by atoms with Crippen LogP contribution in [0.3, 0.4) is 0 Å². The summed E-state index contributed by atoms with van der Waals surface area (Å²) in [5.74, 6) is 0.613. The molecule has 2 aromatic carbocycles. The monoisotopic (exact) mass is 308 g/mol. The van der Waals surface area contributed by atoms with Gasteiger partial charge in [0.05, 0.1) is 0 Å². The lowest BCUT2D eigenvalue weighted by atomic mass is 10.1. The Morgan fingerprint density at radius 3 is 2.61 bits per heavy atom. The number of nitrogens with one attached hydrogen (secondary N) is 1. The Balaban J connectivity index is 1.67. The van der Waals surface area contributed by atoms with E-state index in [0.717, 1.165) is 33.5 Å². The number of benzene rings is 2. The summed E-state index contributed by atoms with van der Waals surface area (Å²) in [5.41, 5.74) is 3.92. The molecule has 1 amide bonds. The molecule has 0 unspecified atom stereocenters. The summed E-state index contributed by atoms with van der Waals surface area (Å²) >= 11 is 0. The molecule has 0 bridgehead atoms. The predicted molar refractivity (Wildman–Crippen MR) is 93.0 cm³/mol. The minimum Gasteiger partial charge on any atom is -0.483 e.